The molecule has 0 atom stereocenters. The fourth-order valence-corrected chi connectivity index (χ4v) is 5.01. The third-order valence-corrected chi connectivity index (χ3v) is 6.19. The maximum Gasteiger partial charge on any atom is 0.433 e. The maximum atomic E-state index is 13.1. The predicted molar refractivity (Wildman–Crippen MR) is 108 cm³/mol. The zero-order valence-electron chi connectivity index (χ0n) is 16.1. The molecule has 28 heavy (non-hydrogen) atoms. The molecule has 2 nitrogen and oxygen atoms in total. The molecule has 0 bridgehead atoms. The zero-order chi connectivity index (χ0) is 20.5. The lowest BCUT2D eigenvalue weighted by atomic mass is 9.82. The van der Waals surface area contributed by atoms with Crippen LogP contribution in [0.2, 0.25) is 0 Å². The number of aromatic nitrogens is 2. The second-order valence-corrected chi connectivity index (χ2v) is 9.60. The lowest BCUT2D eigenvalue weighted by Crippen LogP contribution is -2.17. The molecule has 1 aromatic carbocycles. The van der Waals surface area contributed by atoms with E-state index >= 15 is 0 Å². The Morgan fingerprint density at radius 1 is 0.964 bits per heavy atom. The van der Waals surface area contributed by atoms with E-state index in [-0.39, 0.29) is 16.3 Å². The average Bonchev–Trinajstić information content (AvgIpc) is 2.78. The highest BCUT2D eigenvalue weighted by Crippen LogP contribution is 2.50. The number of rotatable bonds is 1. The van der Waals surface area contributed by atoms with E-state index < -0.39 is 11.9 Å². The maximum absolute atomic E-state index is 13.1. The van der Waals surface area contributed by atoms with Crippen LogP contribution in [-0.4, -0.2) is 9.97 Å². The van der Waals surface area contributed by atoms with E-state index in [9.17, 15) is 13.2 Å². The summed E-state index contributed by atoms with van der Waals surface area (Å²) in [6, 6.07) is 8.75. The molecule has 2 aromatic heterocycles. The van der Waals surface area contributed by atoms with Crippen molar-refractivity contribution in [3.05, 3.63) is 57.8 Å². The summed E-state index contributed by atoms with van der Waals surface area (Å²) in [7, 11) is 0. The molecule has 0 unspecified atom stereocenters. The van der Waals surface area contributed by atoms with Gasteiger partial charge in [-0.3, -0.25) is 4.98 Å². The monoisotopic (exact) mass is 448 g/mol. The number of halogens is 4. The first-order valence-corrected chi connectivity index (χ1v) is 9.87. The molecule has 6 heteroatoms. The molecule has 3 aromatic rings. The van der Waals surface area contributed by atoms with Gasteiger partial charge in [0.2, 0.25) is 0 Å². The SMILES string of the molecule is CC1(C)CC(C)(C)c2cc(-c3ncc(Br)c4nc(C(F)(F)F)ccc34)ccc21. The number of alkyl halides is 3. The molecular formula is C22H20BrF3N2. The topological polar surface area (TPSA) is 25.8 Å². The Balaban J connectivity index is 1.93. The third-order valence-electron chi connectivity index (χ3n) is 5.61. The molecule has 1 aliphatic rings. The number of nitrogens with zero attached hydrogens (tertiary/aromatic N) is 2. The van der Waals surface area contributed by atoms with Gasteiger partial charge in [-0.05, 0) is 62.5 Å². The molecular weight excluding hydrogens is 429 g/mol. The van der Waals surface area contributed by atoms with Crippen LogP contribution >= 0.6 is 15.9 Å². The quantitative estimate of drug-likeness (QED) is 0.398. The number of benzene rings is 1. The average molecular weight is 449 g/mol. The van der Waals surface area contributed by atoms with Gasteiger partial charge >= 0.3 is 6.18 Å². The van der Waals surface area contributed by atoms with E-state index in [0.717, 1.165) is 18.1 Å². The molecule has 0 aliphatic heterocycles. The first-order chi connectivity index (χ1) is 12.9. The largest absolute Gasteiger partial charge is 0.433 e. The summed E-state index contributed by atoms with van der Waals surface area (Å²) in [5.74, 6) is 0. The van der Waals surface area contributed by atoms with Crippen molar-refractivity contribution in [2.24, 2.45) is 0 Å². The molecule has 0 spiro atoms. The predicted octanol–water partition coefficient (Wildman–Crippen LogP) is 7.04. The van der Waals surface area contributed by atoms with Gasteiger partial charge in [-0.2, -0.15) is 13.2 Å². The molecule has 1 aliphatic carbocycles. The number of fused-ring (bicyclic) bond motifs is 2. The summed E-state index contributed by atoms with van der Waals surface area (Å²) in [4.78, 5) is 8.35. The minimum atomic E-state index is -4.49. The fourth-order valence-electron chi connectivity index (χ4n) is 4.61. The highest BCUT2D eigenvalue weighted by molar-refractivity contribution is 9.10. The van der Waals surface area contributed by atoms with Crippen LogP contribution in [0.25, 0.3) is 22.2 Å². The summed E-state index contributed by atoms with van der Waals surface area (Å²) in [5.41, 5.74) is 3.60. The molecule has 0 saturated heterocycles. The minimum absolute atomic E-state index is 0.0295. The van der Waals surface area contributed by atoms with Gasteiger partial charge in [0.05, 0.1) is 15.7 Å². The normalized spacial score (nSPS) is 17.7. The van der Waals surface area contributed by atoms with E-state index in [1.807, 2.05) is 6.07 Å². The molecule has 0 amide bonds. The van der Waals surface area contributed by atoms with Gasteiger partial charge in [-0.1, -0.05) is 39.8 Å². The van der Waals surface area contributed by atoms with Crippen molar-refractivity contribution in [3.8, 4) is 11.3 Å². The van der Waals surface area contributed by atoms with Crippen LogP contribution in [0.15, 0.2) is 41.0 Å². The van der Waals surface area contributed by atoms with Crippen LogP contribution in [0.5, 0.6) is 0 Å². The fraction of sp³-hybridized carbons (Fsp3) is 0.364. The van der Waals surface area contributed by atoms with Crippen LogP contribution in [0.3, 0.4) is 0 Å². The Kier molecular flexibility index (Phi) is 4.17. The van der Waals surface area contributed by atoms with Crippen LogP contribution in [0.4, 0.5) is 13.2 Å². The van der Waals surface area contributed by atoms with Crippen molar-refractivity contribution in [3.63, 3.8) is 0 Å². The van der Waals surface area contributed by atoms with E-state index in [2.05, 4.69) is 65.7 Å². The van der Waals surface area contributed by atoms with Gasteiger partial charge < -0.3 is 0 Å². The van der Waals surface area contributed by atoms with Gasteiger partial charge in [0, 0.05) is 17.1 Å². The van der Waals surface area contributed by atoms with Gasteiger partial charge in [0.15, 0.2) is 0 Å². The van der Waals surface area contributed by atoms with Crippen molar-refractivity contribution in [1.82, 2.24) is 9.97 Å². The van der Waals surface area contributed by atoms with E-state index in [4.69, 9.17) is 0 Å². The highest BCUT2D eigenvalue weighted by atomic mass is 79.9. The molecule has 0 N–H and O–H groups in total. The lowest BCUT2D eigenvalue weighted by Gasteiger charge is -2.22. The standard InChI is InChI=1S/C22H20BrF3N2/c1-20(2)11-21(3,4)15-9-12(5-7-14(15)20)18-13-6-8-17(22(24,25)26)28-19(13)16(23)10-27-18/h5-10H,11H2,1-4H3. The second kappa shape index (κ2) is 6.02. The summed E-state index contributed by atoms with van der Waals surface area (Å²) in [6.07, 6.45) is -1.92. The van der Waals surface area contributed by atoms with Crippen LogP contribution in [0.1, 0.15) is 50.9 Å². The Labute approximate surface area is 170 Å². The minimum Gasteiger partial charge on any atom is -0.254 e. The molecule has 4 rings (SSSR count). The Bertz CT molecular complexity index is 1100. The summed E-state index contributed by atoms with van der Waals surface area (Å²) in [6.45, 7) is 8.95. The van der Waals surface area contributed by atoms with Crippen molar-refractivity contribution in [2.45, 2.75) is 51.1 Å². The van der Waals surface area contributed by atoms with Gasteiger partial charge in [-0.15, -0.1) is 0 Å². The van der Waals surface area contributed by atoms with Gasteiger partial charge in [-0.25, -0.2) is 4.98 Å². The molecule has 2 heterocycles. The number of hydrogen-bond donors (Lipinski definition) is 0. The van der Waals surface area contributed by atoms with Crippen LogP contribution < -0.4 is 0 Å². The lowest BCUT2D eigenvalue weighted by molar-refractivity contribution is -0.140. The number of hydrogen-bond acceptors (Lipinski definition) is 2. The smallest absolute Gasteiger partial charge is 0.254 e. The van der Waals surface area contributed by atoms with Crippen LogP contribution in [-0.2, 0) is 17.0 Å². The van der Waals surface area contributed by atoms with Crippen molar-refractivity contribution in [1.29, 1.82) is 0 Å². The van der Waals surface area contributed by atoms with E-state index in [1.54, 1.807) is 0 Å². The first-order valence-electron chi connectivity index (χ1n) is 9.08. The van der Waals surface area contributed by atoms with E-state index in [1.165, 1.54) is 23.4 Å². The van der Waals surface area contributed by atoms with Crippen molar-refractivity contribution in [2.75, 3.05) is 0 Å². The van der Waals surface area contributed by atoms with Crippen molar-refractivity contribution >= 4 is 26.8 Å². The summed E-state index contributed by atoms with van der Waals surface area (Å²) < 4.78 is 39.7. The molecule has 0 saturated carbocycles. The van der Waals surface area contributed by atoms with Crippen LogP contribution in [0, 0.1) is 0 Å². The molecule has 146 valence electrons. The molecule has 0 fully saturated rings. The van der Waals surface area contributed by atoms with E-state index in [0.29, 0.717) is 15.6 Å². The highest BCUT2D eigenvalue weighted by Gasteiger charge is 2.41. The summed E-state index contributed by atoms with van der Waals surface area (Å²) >= 11 is 3.29. The van der Waals surface area contributed by atoms with Gasteiger partial charge in [0.1, 0.15) is 5.69 Å². The molecule has 0 radical (unpaired) electrons. The third kappa shape index (κ3) is 3.02. The summed E-state index contributed by atoms with van der Waals surface area (Å²) in [5, 5.41) is 0.595. The Hall–Kier alpha value is -1.95. The first kappa shape index (κ1) is 19.4. The Morgan fingerprint density at radius 2 is 1.64 bits per heavy atom. The van der Waals surface area contributed by atoms with Crippen molar-refractivity contribution < 1.29 is 13.2 Å². The second-order valence-electron chi connectivity index (χ2n) is 8.75. The number of pyridine rings is 2. The van der Waals surface area contributed by atoms with Gasteiger partial charge in [0.25, 0.3) is 0 Å². The zero-order valence-corrected chi connectivity index (χ0v) is 17.7. The Morgan fingerprint density at radius 3 is 2.32 bits per heavy atom.